The third-order valence-corrected chi connectivity index (χ3v) is 4.71. The summed E-state index contributed by atoms with van der Waals surface area (Å²) in [6, 6.07) is 8.73. The van der Waals surface area contributed by atoms with E-state index in [1.807, 2.05) is 6.07 Å². The standard InChI is InChI=1S/C20H21N3O4/c1-11-15(17(24)27-19(2,3)4)20(18(25)23(11)5)12-8-6-7-9-14(12)26-16(22)13(20)10-21/h6-9H,22H2,1-5H3/t20-/m1/s1. The molecule has 2 N–H and O–H groups in total. The van der Waals surface area contributed by atoms with Gasteiger partial charge in [-0.25, -0.2) is 4.79 Å². The lowest BCUT2D eigenvalue weighted by molar-refractivity contribution is -0.151. The summed E-state index contributed by atoms with van der Waals surface area (Å²) in [6.45, 7) is 6.86. The molecule has 0 aliphatic carbocycles. The van der Waals surface area contributed by atoms with Gasteiger partial charge in [0, 0.05) is 18.3 Å². The van der Waals surface area contributed by atoms with E-state index in [4.69, 9.17) is 15.2 Å². The average molecular weight is 367 g/mol. The summed E-state index contributed by atoms with van der Waals surface area (Å²) in [6.07, 6.45) is 0. The Kier molecular flexibility index (Phi) is 4.03. The molecule has 0 radical (unpaired) electrons. The third-order valence-electron chi connectivity index (χ3n) is 4.71. The molecule has 0 aromatic heterocycles. The molecule has 1 amide bonds. The minimum atomic E-state index is -1.69. The smallest absolute Gasteiger partial charge is 0.338 e. The predicted octanol–water partition coefficient (Wildman–Crippen LogP) is 2.10. The number of likely N-dealkylation sites (N-methyl/N-ethyl adjacent to an activating group) is 1. The van der Waals surface area contributed by atoms with Crippen LogP contribution < -0.4 is 10.5 Å². The van der Waals surface area contributed by atoms with Gasteiger partial charge in [0.2, 0.25) is 11.8 Å². The van der Waals surface area contributed by atoms with Crippen molar-refractivity contribution in [2.24, 2.45) is 5.73 Å². The highest BCUT2D eigenvalue weighted by Crippen LogP contribution is 2.53. The average Bonchev–Trinajstić information content (AvgIpc) is 2.76. The van der Waals surface area contributed by atoms with Gasteiger partial charge in [0.1, 0.15) is 23.0 Å². The molecule has 1 spiro atoms. The Morgan fingerprint density at radius 3 is 2.56 bits per heavy atom. The summed E-state index contributed by atoms with van der Waals surface area (Å²) in [4.78, 5) is 27.9. The second-order valence-corrected chi connectivity index (χ2v) is 7.53. The second kappa shape index (κ2) is 5.88. The molecule has 1 aromatic rings. The van der Waals surface area contributed by atoms with E-state index in [0.29, 0.717) is 17.0 Å². The number of fused-ring (bicyclic) bond motifs is 2. The summed E-state index contributed by atoms with van der Waals surface area (Å²) in [5.41, 5.74) is 4.30. The molecule has 1 atom stereocenters. The fourth-order valence-electron chi connectivity index (χ4n) is 3.55. The van der Waals surface area contributed by atoms with Crippen molar-refractivity contribution in [2.45, 2.75) is 38.7 Å². The molecule has 3 rings (SSSR count). The predicted molar refractivity (Wildman–Crippen MR) is 96.9 cm³/mol. The molecule has 7 nitrogen and oxygen atoms in total. The summed E-state index contributed by atoms with van der Waals surface area (Å²) in [5.74, 6) is -0.994. The number of nitrogens with zero attached hydrogens (tertiary/aromatic N) is 2. The first kappa shape index (κ1) is 18.5. The van der Waals surface area contributed by atoms with E-state index in [1.54, 1.807) is 59.0 Å². The van der Waals surface area contributed by atoms with Crippen molar-refractivity contribution in [3.05, 3.63) is 52.6 Å². The molecule has 0 saturated heterocycles. The third kappa shape index (κ3) is 2.48. The molecule has 0 fully saturated rings. The Morgan fingerprint density at radius 1 is 1.33 bits per heavy atom. The van der Waals surface area contributed by atoms with Gasteiger partial charge in [-0.3, -0.25) is 4.79 Å². The topological polar surface area (TPSA) is 106 Å². The van der Waals surface area contributed by atoms with Crippen molar-refractivity contribution >= 4 is 11.9 Å². The molecule has 2 heterocycles. The first-order valence-electron chi connectivity index (χ1n) is 8.46. The summed E-state index contributed by atoms with van der Waals surface area (Å²) in [7, 11) is 1.56. The Balaban J connectivity index is 2.38. The number of ether oxygens (including phenoxy) is 2. The van der Waals surface area contributed by atoms with Crippen LogP contribution in [0.2, 0.25) is 0 Å². The van der Waals surface area contributed by atoms with Gasteiger partial charge in [-0.05, 0) is 33.8 Å². The lowest BCUT2D eigenvalue weighted by Gasteiger charge is -2.35. The number of hydrogen-bond acceptors (Lipinski definition) is 6. The zero-order valence-corrected chi connectivity index (χ0v) is 15.9. The number of carbonyl (C=O) groups excluding carboxylic acids is 2. The van der Waals surface area contributed by atoms with Crippen molar-refractivity contribution in [3.8, 4) is 11.8 Å². The van der Waals surface area contributed by atoms with Gasteiger partial charge in [-0.2, -0.15) is 5.26 Å². The highest BCUT2D eigenvalue weighted by molar-refractivity contribution is 6.12. The van der Waals surface area contributed by atoms with Crippen molar-refractivity contribution in [3.63, 3.8) is 0 Å². The fourth-order valence-corrected chi connectivity index (χ4v) is 3.55. The highest BCUT2D eigenvalue weighted by atomic mass is 16.6. The van der Waals surface area contributed by atoms with Crippen LogP contribution in [0.3, 0.4) is 0 Å². The summed E-state index contributed by atoms with van der Waals surface area (Å²) < 4.78 is 11.1. The molecule has 27 heavy (non-hydrogen) atoms. The van der Waals surface area contributed by atoms with Crippen LogP contribution in [0.15, 0.2) is 47.0 Å². The SMILES string of the molecule is CC1=C(C(=O)OC(C)(C)C)[C@]2(C(=O)N1C)C(C#N)=C(N)Oc1ccccc12. The molecule has 2 aliphatic heterocycles. The lowest BCUT2D eigenvalue weighted by Crippen LogP contribution is -2.47. The molecule has 0 unspecified atom stereocenters. The van der Waals surface area contributed by atoms with E-state index in [-0.39, 0.29) is 17.0 Å². The van der Waals surface area contributed by atoms with E-state index in [2.05, 4.69) is 0 Å². The van der Waals surface area contributed by atoms with Crippen molar-refractivity contribution in [2.75, 3.05) is 7.05 Å². The Morgan fingerprint density at radius 2 is 1.96 bits per heavy atom. The van der Waals surface area contributed by atoms with Crippen LogP contribution >= 0.6 is 0 Å². The van der Waals surface area contributed by atoms with Crippen LogP contribution in [-0.2, 0) is 19.7 Å². The molecule has 0 saturated carbocycles. The Hall–Kier alpha value is -3.27. The van der Waals surface area contributed by atoms with E-state index < -0.39 is 22.9 Å². The van der Waals surface area contributed by atoms with E-state index >= 15 is 0 Å². The van der Waals surface area contributed by atoms with E-state index in [9.17, 15) is 14.9 Å². The maximum absolute atomic E-state index is 13.4. The van der Waals surface area contributed by atoms with Crippen LogP contribution in [0.1, 0.15) is 33.3 Å². The number of amides is 1. The number of rotatable bonds is 1. The first-order chi connectivity index (χ1) is 12.6. The van der Waals surface area contributed by atoms with Gasteiger partial charge in [0.15, 0.2) is 5.41 Å². The monoisotopic (exact) mass is 367 g/mol. The molecule has 140 valence electrons. The van der Waals surface area contributed by atoms with E-state index in [1.165, 1.54) is 4.90 Å². The van der Waals surface area contributed by atoms with Gasteiger partial charge >= 0.3 is 5.97 Å². The van der Waals surface area contributed by atoms with Crippen LogP contribution in [0, 0.1) is 11.3 Å². The lowest BCUT2D eigenvalue weighted by atomic mass is 9.68. The van der Waals surface area contributed by atoms with Gasteiger partial charge in [-0.15, -0.1) is 0 Å². The number of benzene rings is 1. The number of para-hydroxylation sites is 1. The maximum atomic E-state index is 13.4. The van der Waals surface area contributed by atoms with Crippen molar-refractivity contribution < 1.29 is 19.1 Å². The number of esters is 1. The van der Waals surface area contributed by atoms with Crippen LogP contribution in [0.25, 0.3) is 0 Å². The number of carbonyl (C=O) groups is 2. The summed E-state index contributed by atoms with van der Waals surface area (Å²) >= 11 is 0. The minimum Gasteiger partial charge on any atom is -0.457 e. The van der Waals surface area contributed by atoms with E-state index in [0.717, 1.165) is 0 Å². The molecule has 1 aromatic carbocycles. The second-order valence-electron chi connectivity index (χ2n) is 7.53. The van der Waals surface area contributed by atoms with Crippen LogP contribution in [0.4, 0.5) is 0 Å². The van der Waals surface area contributed by atoms with Crippen LogP contribution in [0.5, 0.6) is 5.75 Å². The van der Waals surface area contributed by atoms with Gasteiger partial charge in [0.05, 0.1) is 5.57 Å². The van der Waals surface area contributed by atoms with Crippen molar-refractivity contribution in [1.82, 2.24) is 4.90 Å². The zero-order chi connectivity index (χ0) is 20.1. The normalized spacial score (nSPS) is 21.9. The molecular weight excluding hydrogens is 346 g/mol. The molecule has 2 aliphatic rings. The molecular formula is C20H21N3O4. The van der Waals surface area contributed by atoms with Crippen LogP contribution in [-0.4, -0.2) is 29.4 Å². The molecule has 0 bridgehead atoms. The van der Waals surface area contributed by atoms with Gasteiger partial charge in [-0.1, -0.05) is 18.2 Å². The van der Waals surface area contributed by atoms with Gasteiger partial charge < -0.3 is 20.1 Å². The maximum Gasteiger partial charge on any atom is 0.338 e. The summed E-state index contributed by atoms with van der Waals surface area (Å²) in [5, 5.41) is 9.82. The number of nitrogens with two attached hydrogens (primary N) is 1. The van der Waals surface area contributed by atoms with Crippen molar-refractivity contribution in [1.29, 1.82) is 5.26 Å². The highest BCUT2D eigenvalue weighted by Gasteiger charge is 2.61. The number of allylic oxidation sites excluding steroid dienone is 1. The first-order valence-corrected chi connectivity index (χ1v) is 8.46. The largest absolute Gasteiger partial charge is 0.457 e. The van der Waals surface area contributed by atoms with Gasteiger partial charge in [0.25, 0.3) is 0 Å². The number of nitriles is 1. The number of hydrogen-bond donors (Lipinski definition) is 1. The fraction of sp³-hybridized carbons (Fsp3) is 0.350. The zero-order valence-electron chi connectivity index (χ0n) is 15.9. The Labute approximate surface area is 157 Å². The quantitative estimate of drug-likeness (QED) is 0.762. The Bertz CT molecular complexity index is 962. The molecule has 7 heteroatoms. The minimum absolute atomic E-state index is 0.0835.